The molecule has 0 bridgehead atoms. The van der Waals surface area contributed by atoms with E-state index in [0.29, 0.717) is 18.2 Å². The van der Waals surface area contributed by atoms with Crippen LogP contribution in [0.25, 0.3) is 0 Å². The molecule has 0 spiro atoms. The van der Waals surface area contributed by atoms with Crippen LogP contribution in [0.3, 0.4) is 0 Å². The molecule has 0 unspecified atom stereocenters. The fourth-order valence-corrected chi connectivity index (χ4v) is 5.72. The molecule has 1 aliphatic carbocycles. The number of carbonyl (C=O) groups excluding carboxylic acids is 3. The largest absolute Gasteiger partial charge is 0.419 e. The van der Waals surface area contributed by atoms with Gasteiger partial charge in [0, 0.05) is 35.6 Å². The van der Waals surface area contributed by atoms with Gasteiger partial charge in [-0.05, 0) is 47.5 Å². The molecule has 1 saturated carbocycles. The molecule has 0 saturated heterocycles. The summed E-state index contributed by atoms with van der Waals surface area (Å²) in [6.07, 6.45) is -12.1. The van der Waals surface area contributed by atoms with Crippen molar-refractivity contribution in [3.05, 3.63) is 98.8 Å². The molecule has 1 amide bonds. The average Bonchev–Trinajstić information content (AvgIpc) is 3.54. The zero-order valence-electron chi connectivity index (χ0n) is 22.4. The van der Waals surface area contributed by atoms with E-state index in [9.17, 15) is 58.3 Å². The van der Waals surface area contributed by atoms with Gasteiger partial charge in [0.2, 0.25) is 11.7 Å². The lowest BCUT2D eigenvalue weighted by atomic mass is 9.97. The maximum atomic E-state index is 15.0. The second-order valence-corrected chi connectivity index (χ2v) is 12.0. The van der Waals surface area contributed by atoms with Gasteiger partial charge in [0.05, 0.1) is 16.5 Å². The monoisotopic (exact) mass is 721 g/mol. The average molecular weight is 723 g/mol. The molecular weight excluding hydrogens is 707 g/mol. The summed E-state index contributed by atoms with van der Waals surface area (Å²) in [5.74, 6) is -16.7. The fraction of sp³-hybridized carbons (Fsp3) is 0.276. The maximum absolute atomic E-state index is 15.0. The first-order valence-corrected chi connectivity index (χ1v) is 13.8. The Labute approximate surface area is 267 Å². The molecule has 17 heteroatoms. The highest BCUT2D eigenvalue weighted by Gasteiger charge is 2.67. The van der Waals surface area contributed by atoms with E-state index in [1.807, 2.05) is 0 Å². The summed E-state index contributed by atoms with van der Waals surface area (Å²) >= 11 is 18.4. The summed E-state index contributed by atoms with van der Waals surface area (Å²) in [6.45, 7) is 0. The van der Waals surface area contributed by atoms with Gasteiger partial charge in [-0.3, -0.25) is 14.4 Å². The van der Waals surface area contributed by atoms with Gasteiger partial charge >= 0.3 is 18.5 Å². The van der Waals surface area contributed by atoms with Crippen LogP contribution in [-0.2, 0) is 28.6 Å². The topological polar surface area (TPSA) is 63.2 Å². The predicted molar refractivity (Wildman–Crippen MR) is 146 cm³/mol. The third-order valence-electron chi connectivity index (χ3n) is 7.13. The van der Waals surface area contributed by atoms with Crippen LogP contribution in [0, 0.1) is 23.4 Å². The van der Waals surface area contributed by atoms with Gasteiger partial charge < -0.3 is 5.32 Å². The van der Waals surface area contributed by atoms with Crippen LogP contribution in [0.4, 0.5) is 49.6 Å². The molecule has 3 aromatic carbocycles. The predicted octanol–water partition coefficient (Wildman–Crippen LogP) is 8.74. The molecule has 46 heavy (non-hydrogen) atoms. The minimum Gasteiger partial charge on any atom is -0.326 e. The summed E-state index contributed by atoms with van der Waals surface area (Å²) in [5.41, 5.74) is -4.09. The number of halogens is 13. The minimum atomic E-state index is -5.18. The number of Topliss-reactive ketones (excluding diaryl/α,β-unsaturated/α-hetero) is 2. The number of ketones is 2. The summed E-state index contributed by atoms with van der Waals surface area (Å²) in [5, 5.41) is 2.14. The Bertz CT molecular complexity index is 1730. The highest BCUT2D eigenvalue weighted by molar-refractivity contribution is 6.53. The second kappa shape index (κ2) is 12.7. The number of anilines is 1. The van der Waals surface area contributed by atoms with E-state index in [2.05, 4.69) is 5.32 Å². The van der Waals surface area contributed by atoms with E-state index in [-0.39, 0.29) is 21.8 Å². The standard InChI is InChI=1S/C29H16Cl3F10NO3/c30-17-4-3-13(43-25(46)23-22(27(23,31)32)11-1-6-19(34)16(7-11)29(40,41)42)9-14(17)20(44)8-12-2-5-18(33)15(24(12)35)10-21(45)28(38,39)26(36)37/h1-7,9,22-23,26H,8,10H2,(H,43,46)/t22-,23+/m0/s1. The zero-order chi connectivity index (χ0) is 34.5. The highest BCUT2D eigenvalue weighted by Crippen LogP contribution is 2.65. The number of alkyl halides is 9. The smallest absolute Gasteiger partial charge is 0.326 e. The molecule has 3 aromatic rings. The van der Waals surface area contributed by atoms with E-state index < -0.39 is 99.2 Å². The van der Waals surface area contributed by atoms with Crippen LogP contribution in [0.2, 0.25) is 5.02 Å². The van der Waals surface area contributed by atoms with E-state index in [0.717, 1.165) is 24.3 Å². The van der Waals surface area contributed by atoms with E-state index in [1.54, 1.807) is 0 Å². The van der Waals surface area contributed by atoms with Crippen molar-refractivity contribution in [2.45, 2.75) is 41.6 Å². The molecule has 2 atom stereocenters. The number of amides is 1. The lowest BCUT2D eigenvalue weighted by Gasteiger charge is -2.15. The maximum Gasteiger partial charge on any atom is 0.419 e. The zero-order valence-corrected chi connectivity index (χ0v) is 24.7. The second-order valence-electron chi connectivity index (χ2n) is 10.2. The molecule has 0 aromatic heterocycles. The van der Waals surface area contributed by atoms with Crippen molar-refractivity contribution in [1.29, 1.82) is 0 Å². The molecule has 246 valence electrons. The number of nitrogens with one attached hydrogen (secondary N) is 1. The SMILES string of the molecule is O=C(Cc1ccc(F)c(CC(=O)C(F)(F)C(F)F)c1F)c1cc(NC(=O)[C@H]2[C@H](c3ccc(F)c(C(F)(F)F)c3)C2(Cl)Cl)ccc1Cl. The molecule has 1 N–H and O–H groups in total. The van der Waals surface area contributed by atoms with Crippen LogP contribution in [0.15, 0.2) is 48.5 Å². The molecule has 0 aliphatic heterocycles. The Hall–Kier alpha value is -3.36. The Morgan fingerprint density at radius 3 is 2.11 bits per heavy atom. The van der Waals surface area contributed by atoms with Crippen molar-refractivity contribution in [1.82, 2.24) is 0 Å². The number of carbonyl (C=O) groups is 3. The first-order valence-electron chi connectivity index (χ1n) is 12.7. The summed E-state index contributed by atoms with van der Waals surface area (Å²) in [6, 6.07) is 6.69. The Kier molecular flexibility index (Phi) is 9.79. The summed E-state index contributed by atoms with van der Waals surface area (Å²) in [4.78, 5) is 37.6. The van der Waals surface area contributed by atoms with Crippen molar-refractivity contribution >= 4 is 58.0 Å². The first kappa shape index (κ1) is 35.5. The van der Waals surface area contributed by atoms with E-state index in [1.165, 1.54) is 6.07 Å². The van der Waals surface area contributed by atoms with Crippen molar-refractivity contribution in [2.75, 3.05) is 5.32 Å². The van der Waals surface area contributed by atoms with Gasteiger partial charge in [-0.1, -0.05) is 23.7 Å². The minimum absolute atomic E-state index is 0.109. The molecule has 1 fully saturated rings. The van der Waals surface area contributed by atoms with Crippen LogP contribution in [0.1, 0.15) is 38.5 Å². The summed E-state index contributed by atoms with van der Waals surface area (Å²) < 4.78 is 132. The van der Waals surface area contributed by atoms with Crippen molar-refractivity contribution in [3.63, 3.8) is 0 Å². The van der Waals surface area contributed by atoms with E-state index in [4.69, 9.17) is 34.8 Å². The van der Waals surface area contributed by atoms with Gasteiger partial charge in [-0.2, -0.15) is 22.0 Å². The number of rotatable bonds is 10. The van der Waals surface area contributed by atoms with Crippen molar-refractivity contribution in [2.24, 2.45) is 5.92 Å². The fourth-order valence-electron chi connectivity index (χ4n) is 4.67. The van der Waals surface area contributed by atoms with Gasteiger partial charge in [0.1, 0.15) is 21.8 Å². The van der Waals surface area contributed by atoms with Gasteiger partial charge in [0.15, 0.2) is 5.78 Å². The highest BCUT2D eigenvalue weighted by atomic mass is 35.5. The lowest BCUT2D eigenvalue weighted by Crippen LogP contribution is -2.38. The molecule has 1 aliphatic rings. The molecule has 0 heterocycles. The quantitative estimate of drug-likeness (QED) is 0.129. The molecule has 0 radical (unpaired) electrons. The Morgan fingerprint density at radius 2 is 1.50 bits per heavy atom. The van der Waals surface area contributed by atoms with E-state index >= 15 is 0 Å². The third kappa shape index (κ3) is 6.98. The number of hydrogen-bond acceptors (Lipinski definition) is 3. The van der Waals surface area contributed by atoms with Gasteiger partial charge in [0.25, 0.3) is 0 Å². The molecule has 4 nitrogen and oxygen atoms in total. The molecule has 4 rings (SSSR count). The number of benzene rings is 3. The number of hydrogen-bond donors (Lipinski definition) is 1. The Balaban J connectivity index is 1.53. The van der Waals surface area contributed by atoms with Gasteiger partial charge in [-0.25, -0.2) is 22.0 Å². The molecular formula is C29H16Cl3F10NO3. The van der Waals surface area contributed by atoms with Crippen LogP contribution in [0.5, 0.6) is 0 Å². The van der Waals surface area contributed by atoms with Gasteiger partial charge in [-0.15, -0.1) is 23.2 Å². The third-order valence-corrected chi connectivity index (χ3v) is 8.40. The lowest BCUT2D eigenvalue weighted by molar-refractivity contribution is -0.166. The summed E-state index contributed by atoms with van der Waals surface area (Å²) in [7, 11) is 0. The van der Waals surface area contributed by atoms with Crippen LogP contribution >= 0.6 is 34.8 Å². The first-order chi connectivity index (χ1) is 21.2. The van der Waals surface area contributed by atoms with Crippen molar-refractivity contribution < 1.29 is 58.3 Å². The normalized spacial score (nSPS) is 17.6. The van der Waals surface area contributed by atoms with Crippen LogP contribution < -0.4 is 5.32 Å². The van der Waals surface area contributed by atoms with Crippen molar-refractivity contribution in [3.8, 4) is 0 Å². The Morgan fingerprint density at radius 1 is 0.870 bits per heavy atom. The van der Waals surface area contributed by atoms with Crippen LogP contribution in [-0.4, -0.2) is 34.2 Å².